The monoisotopic (exact) mass is 299 g/mol. The number of esters is 1. The molecule has 0 atom stereocenters. The van der Waals surface area contributed by atoms with Gasteiger partial charge in [-0.3, -0.25) is 4.79 Å². The number of ether oxygens (including phenoxy) is 1. The van der Waals surface area contributed by atoms with E-state index in [4.69, 9.17) is 4.74 Å². The minimum atomic E-state index is -0.743. The summed E-state index contributed by atoms with van der Waals surface area (Å²) in [5, 5.41) is 0. The van der Waals surface area contributed by atoms with Gasteiger partial charge in [0, 0.05) is 13.6 Å². The van der Waals surface area contributed by atoms with Crippen LogP contribution in [0.1, 0.15) is 78.1 Å². The molecule has 0 N–H and O–H groups in total. The van der Waals surface area contributed by atoms with Crippen molar-refractivity contribution >= 4 is 11.9 Å². The van der Waals surface area contributed by atoms with E-state index in [0.29, 0.717) is 6.54 Å². The summed E-state index contributed by atoms with van der Waals surface area (Å²) in [5.74, 6) is -1.28. The maximum absolute atomic E-state index is 11.6. The van der Waals surface area contributed by atoms with Crippen LogP contribution in [0.25, 0.3) is 0 Å². The molecule has 0 saturated carbocycles. The zero-order chi connectivity index (χ0) is 15.9. The molecule has 0 heterocycles. The van der Waals surface area contributed by atoms with E-state index < -0.39 is 11.9 Å². The third-order valence-electron chi connectivity index (χ3n) is 3.64. The first kappa shape index (κ1) is 19.9. The molecule has 4 heteroatoms. The van der Waals surface area contributed by atoms with Crippen LogP contribution in [-0.4, -0.2) is 37.0 Å². The van der Waals surface area contributed by atoms with E-state index in [1.165, 1.54) is 56.3 Å². The number of carbonyl (C=O) groups excluding carboxylic acids is 2. The van der Waals surface area contributed by atoms with Crippen LogP contribution in [0.5, 0.6) is 0 Å². The maximum atomic E-state index is 11.6. The zero-order valence-electron chi connectivity index (χ0n) is 14.2. The van der Waals surface area contributed by atoms with Crippen LogP contribution in [0.3, 0.4) is 0 Å². The predicted octanol–water partition coefficient (Wildman–Crippen LogP) is 3.93. The third kappa shape index (κ3) is 11.3. The van der Waals surface area contributed by atoms with Gasteiger partial charge in [-0.15, -0.1) is 0 Å². The summed E-state index contributed by atoms with van der Waals surface area (Å²) in [6.45, 7) is 4.82. The van der Waals surface area contributed by atoms with E-state index >= 15 is 0 Å². The molecule has 0 rings (SSSR count). The summed E-state index contributed by atoms with van der Waals surface area (Å²) in [7, 11) is 1.66. The molecule has 0 spiro atoms. The zero-order valence-corrected chi connectivity index (χ0v) is 14.2. The molecule has 0 aliphatic carbocycles. The van der Waals surface area contributed by atoms with Crippen molar-refractivity contribution < 1.29 is 14.3 Å². The molecular weight excluding hydrogens is 266 g/mol. The molecule has 124 valence electrons. The van der Waals surface area contributed by atoms with E-state index in [1.807, 2.05) is 0 Å². The van der Waals surface area contributed by atoms with Crippen molar-refractivity contribution in [2.24, 2.45) is 0 Å². The van der Waals surface area contributed by atoms with Crippen LogP contribution >= 0.6 is 0 Å². The highest BCUT2D eigenvalue weighted by atomic mass is 16.5. The molecule has 0 unspecified atom stereocenters. The van der Waals surface area contributed by atoms with Gasteiger partial charge in [-0.2, -0.15) is 0 Å². The number of unbranched alkanes of at least 4 members (excludes halogenated alkanes) is 9. The standard InChI is InChI=1S/C17H33NO3/c1-4-6-7-8-9-10-11-12-13-14-15-18(3)16(19)17(20)21-5-2/h4-15H2,1-3H3. The first-order chi connectivity index (χ1) is 10.1. The van der Waals surface area contributed by atoms with E-state index in [9.17, 15) is 9.59 Å². The van der Waals surface area contributed by atoms with Gasteiger partial charge in [-0.25, -0.2) is 4.79 Å². The number of hydrogen-bond donors (Lipinski definition) is 0. The molecule has 0 aromatic heterocycles. The molecule has 0 radical (unpaired) electrons. The van der Waals surface area contributed by atoms with Gasteiger partial charge in [0.2, 0.25) is 0 Å². The quantitative estimate of drug-likeness (QED) is 0.312. The van der Waals surface area contributed by atoms with Gasteiger partial charge in [0.05, 0.1) is 6.61 Å². The Morgan fingerprint density at radius 2 is 1.29 bits per heavy atom. The second kappa shape index (κ2) is 13.9. The second-order valence-corrected chi connectivity index (χ2v) is 5.63. The van der Waals surface area contributed by atoms with Crippen molar-refractivity contribution in [2.45, 2.75) is 78.1 Å². The summed E-state index contributed by atoms with van der Waals surface area (Å²) in [6.07, 6.45) is 12.6. The summed E-state index contributed by atoms with van der Waals surface area (Å²) in [6, 6.07) is 0. The Kier molecular flexibility index (Phi) is 13.2. The minimum absolute atomic E-state index is 0.247. The molecule has 0 aliphatic heterocycles. The Morgan fingerprint density at radius 3 is 1.76 bits per heavy atom. The SMILES string of the molecule is CCCCCCCCCCCCN(C)C(=O)C(=O)OCC. The van der Waals surface area contributed by atoms with Gasteiger partial charge in [-0.05, 0) is 13.3 Å². The molecule has 1 amide bonds. The van der Waals surface area contributed by atoms with Crippen LogP contribution in [0, 0.1) is 0 Å². The van der Waals surface area contributed by atoms with Crippen molar-refractivity contribution in [1.82, 2.24) is 4.90 Å². The van der Waals surface area contributed by atoms with Crippen molar-refractivity contribution in [3.8, 4) is 0 Å². The normalized spacial score (nSPS) is 10.4. The fraction of sp³-hybridized carbons (Fsp3) is 0.882. The number of hydrogen-bond acceptors (Lipinski definition) is 3. The van der Waals surface area contributed by atoms with Gasteiger partial charge in [0.25, 0.3) is 0 Å². The maximum Gasteiger partial charge on any atom is 0.396 e. The molecular formula is C17H33NO3. The second-order valence-electron chi connectivity index (χ2n) is 5.63. The molecule has 0 aromatic carbocycles. The minimum Gasteiger partial charge on any atom is -0.459 e. The fourth-order valence-corrected chi connectivity index (χ4v) is 2.29. The molecule has 0 fully saturated rings. The summed E-state index contributed by atoms with van der Waals surface area (Å²) in [5.41, 5.74) is 0. The van der Waals surface area contributed by atoms with Crippen molar-refractivity contribution in [1.29, 1.82) is 0 Å². The van der Waals surface area contributed by atoms with E-state index in [2.05, 4.69) is 6.92 Å². The van der Waals surface area contributed by atoms with Gasteiger partial charge in [0.1, 0.15) is 0 Å². The average Bonchev–Trinajstić information content (AvgIpc) is 2.48. The highest BCUT2D eigenvalue weighted by Crippen LogP contribution is 2.10. The number of rotatable bonds is 12. The van der Waals surface area contributed by atoms with Crippen LogP contribution in [-0.2, 0) is 14.3 Å². The van der Waals surface area contributed by atoms with Crippen LogP contribution in [0.15, 0.2) is 0 Å². The summed E-state index contributed by atoms with van der Waals surface area (Å²) in [4.78, 5) is 24.3. The average molecular weight is 299 g/mol. The lowest BCUT2D eigenvalue weighted by Gasteiger charge is -2.15. The smallest absolute Gasteiger partial charge is 0.396 e. The number of nitrogens with zero attached hydrogens (tertiary/aromatic N) is 1. The van der Waals surface area contributed by atoms with Crippen molar-refractivity contribution in [3.05, 3.63) is 0 Å². The van der Waals surface area contributed by atoms with Crippen LogP contribution in [0.4, 0.5) is 0 Å². The molecule has 21 heavy (non-hydrogen) atoms. The van der Waals surface area contributed by atoms with Gasteiger partial charge in [-0.1, -0.05) is 64.7 Å². The summed E-state index contributed by atoms with van der Waals surface area (Å²) >= 11 is 0. The molecule has 4 nitrogen and oxygen atoms in total. The fourth-order valence-electron chi connectivity index (χ4n) is 2.29. The lowest BCUT2D eigenvalue weighted by atomic mass is 10.1. The topological polar surface area (TPSA) is 46.6 Å². The lowest BCUT2D eigenvalue weighted by Crippen LogP contribution is -2.35. The first-order valence-corrected chi connectivity index (χ1v) is 8.55. The number of likely N-dealkylation sites (N-methyl/N-ethyl adjacent to an activating group) is 1. The largest absolute Gasteiger partial charge is 0.459 e. The highest BCUT2D eigenvalue weighted by molar-refractivity contribution is 6.32. The first-order valence-electron chi connectivity index (χ1n) is 8.55. The Morgan fingerprint density at radius 1 is 0.810 bits per heavy atom. The number of amides is 1. The van der Waals surface area contributed by atoms with Gasteiger partial charge >= 0.3 is 11.9 Å². The highest BCUT2D eigenvalue weighted by Gasteiger charge is 2.18. The number of carbonyl (C=O) groups is 2. The Labute approximate surface area is 130 Å². The molecule has 0 aliphatic rings. The van der Waals surface area contributed by atoms with Gasteiger partial charge in [0.15, 0.2) is 0 Å². The third-order valence-corrected chi connectivity index (χ3v) is 3.64. The Bertz CT molecular complexity index is 279. The van der Waals surface area contributed by atoms with E-state index in [0.717, 1.165) is 12.8 Å². The van der Waals surface area contributed by atoms with Crippen LogP contribution in [0.2, 0.25) is 0 Å². The van der Waals surface area contributed by atoms with Crippen molar-refractivity contribution in [3.63, 3.8) is 0 Å². The Balaban J connectivity index is 3.42. The molecule has 0 aromatic rings. The lowest BCUT2D eigenvalue weighted by molar-refractivity contribution is -0.159. The predicted molar refractivity (Wildman–Crippen MR) is 86.1 cm³/mol. The van der Waals surface area contributed by atoms with E-state index in [-0.39, 0.29) is 6.61 Å². The molecule has 0 saturated heterocycles. The van der Waals surface area contributed by atoms with Crippen molar-refractivity contribution in [2.75, 3.05) is 20.2 Å². The molecule has 0 bridgehead atoms. The van der Waals surface area contributed by atoms with Crippen LogP contribution < -0.4 is 0 Å². The van der Waals surface area contributed by atoms with E-state index in [1.54, 1.807) is 14.0 Å². The van der Waals surface area contributed by atoms with Gasteiger partial charge < -0.3 is 9.64 Å². The Hall–Kier alpha value is -1.06. The summed E-state index contributed by atoms with van der Waals surface area (Å²) < 4.78 is 4.69.